The Labute approximate surface area is 192 Å². The topological polar surface area (TPSA) is 67.4 Å². The monoisotopic (exact) mass is 436 g/mol. The number of carbonyl (C=O) groups excluding carboxylic acids is 2. The summed E-state index contributed by atoms with van der Waals surface area (Å²) < 4.78 is 5.76. The lowest BCUT2D eigenvalue weighted by atomic mass is 10.0. The van der Waals surface area contributed by atoms with Gasteiger partial charge >= 0.3 is 0 Å². The number of anilines is 1. The summed E-state index contributed by atoms with van der Waals surface area (Å²) in [5.74, 6) is -0.00221. The smallest absolute Gasteiger partial charge is 0.272 e. The molecule has 0 aliphatic heterocycles. The Morgan fingerprint density at radius 2 is 1.42 bits per heavy atom. The molecule has 0 aliphatic rings. The Kier molecular flexibility index (Phi) is 6.81. The highest BCUT2D eigenvalue weighted by Crippen LogP contribution is 2.30. The van der Waals surface area contributed by atoms with Crippen LogP contribution in [-0.2, 0) is 4.79 Å². The van der Waals surface area contributed by atoms with Crippen molar-refractivity contribution in [3.63, 3.8) is 0 Å². The molecule has 2 N–H and O–H groups in total. The van der Waals surface area contributed by atoms with Crippen molar-refractivity contribution in [3.8, 4) is 5.75 Å². The second-order valence-electron chi connectivity index (χ2n) is 7.33. The second-order valence-corrected chi connectivity index (χ2v) is 7.33. The molecule has 0 saturated carbocycles. The molecule has 0 heterocycles. The standard InChI is InChI=1S/C28H24N2O3/c1-2-33-26-18-17-21(23-15-9-10-16-24(23)26)19-25(28(32)29-22-13-7-4-8-14-22)30-27(31)20-11-5-3-6-12-20/h3-19H,2H2,1H3,(H,29,32)(H,30,31). The van der Waals surface area contributed by atoms with Crippen molar-refractivity contribution >= 4 is 34.4 Å². The number of fused-ring (bicyclic) bond motifs is 1. The Bertz CT molecular complexity index is 1300. The minimum absolute atomic E-state index is 0.141. The van der Waals surface area contributed by atoms with Crippen LogP contribution in [-0.4, -0.2) is 18.4 Å². The number of hydrogen-bond acceptors (Lipinski definition) is 3. The maximum atomic E-state index is 13.2. The molecule has 4 rings (SSSR count). The van der Waals surface area contributed by atoms with Gasteiger partial charge in [0.25, 0.3) is 11.8 Å². The largest absolute Gasteiger partial charge is 0.493 e. The predicted molar refractivity (Wildman–Crippen MR) is 132 cm³/mol. The molecule has 0 saturated heterocycles. The average Bonchev–Trinajstić information content (AvgIpc) is 2.86. The molecule has 0 atom stereocenters. The molecule has 0 radical (unpaired) electrons. The van der Waals surface area contributed by atoms with Gasteiger partial charge in [0, 0.05) is 16.6 Å². The number of benzene rings is 4. The average molecular weight is 437 g/mol. The fourth-order valence-corrected chi connectivity index (χ4v) is 3.52. The number of carbonyl (C=O) groups is 2. The van der Waals surface area contributed by atoms with Gasteiger partial charge in [-0.25, -0.2) is 0 Å². The van der Waals surface area contributed by atoms with Gasteiger partial charge in [0.1, 0.15) is 11.4 Å². The van der Waals surface area contributed by atoms with E-state index in [1.807, 2.05) is 67.6 Å². The molecular weight excluding hydrogens is 412 g/mol. The van der Waals surface area contributed by atoms with Gasteiger partial charge < -0.3 is 15.4 Å². The Balaban J connectivity index is 1.74. The number of nitrogens with one attached hydrogen (secondary N) is 2. The third-order valence-corrected chi connectivity index (χ3v) is 5.08. The van der Waals surface area contributed by atoms with Crippen LogP contribution in [0, 0.1) is 0 Å². The molecule has 5 nitrogen and oxygen atoms in total. The molecule has 2 amide bonds. The first-order valence-corrected chi connectivity index (χ1v) is 10.7. The van der Waals surface area contributed by atoms with Gasteiger partial charge in [-0.05, 0) is 54.3 Å². The molecule has 4 aromatic carbocycles. The zero-order valence-corrected chi connectivity index (χ0v) is 18.2. The molecule has 4 aromatic rings. The molecule has 0 spiro atoms. The zero-order chi connectivity index (χ0) is 23.0. The summed E-state index contributed by atoms with van der Waals surface area (Å²) in [4.78, 5) is 26.0. The first-order chi connectivity index (χ1) is 16.2. The van der Waals surface area contributed by atoms with Gasteiger partial charge in [0.05, 0.1) is 6.61 Å². The summed E-state index contributed by atoms with van der Waals surface area (Å²) in [5.41, 5.74) is 2.04. The van der Waals surface area contributed by atoms with Crippen molar-refractivity contribution < 1.29 is 14.3 Å². The van der Waals surface area contributed by atoms with Crippen molar-refractivity contribution in [2.75, 3.05) is 11.9 Å². The van der Waals surface area contributed by atoms with Crippen molar-refractivity contribution in [2.45, 2.75) is 6.92 Å². The summed E-state index contributed by atoms with van der Waals surface area (Å²) in [6.07, 6.45) is 1.69. The van der Waals surface area contributed by atoms with Crippen LogP contribution in [0.15, 0.2) is 103 Å². The minimum atomic E-state index is -0.413. The van der Waals surface area contributed by atoms with Crippen LogP contribution >= 0.6 is 0 Å². The maximum absolute atomic E-state index is 13.2. The van der Waals surface area contributed by atoms with Crippen LogP contribution in [0.1, 0.15) is 22.8 Å². The molecule has 5 heteroatoms. The van der Waals surface area contributed by atoms with Gasteiger partial charge in [-0.2, -0.15) is 0 Å². The second kappa shape index (κ2) is 10.3. The van der Waals surface area contributed by atoms with E-state index < -0.39 is 5.91 Å². The zero-order valence-electron chi connectivity index (χ0n) is 18.2. The van der Waals surface area contributed by atoms with E-state index in [1.165, 1.54) is 0 Å². The van der Waals surface area contributed by atoms with Gasteiger partial charge in [0.15, 0.2) is 0 Å². The van der Waals surface area contributed by atoms with Crippen LogP contribution in [0.2, 0.25) is 0 Å². The third kappa shape index (κ3) is 5.28. The molecule has 0 bridgehead atoms. The van der Waals surface area contributed by atoms with E-state index in [9.17, 15) is 9.59 Å². The number of para-hydroxylation sites is 1. The van der Waals surface area contributed by atoms with E-state index in [2.05, 4.69) is 10.6 Å². The van der Waals surface area contributed by atoms with Gasteiger partial charge in [-0.15, -0.1) is 0 Å². The fraction of sp³-hybridized carbons (Fsp3) is 0.0714. The molecule has 164 valence electrons. The van der Waals surface area contributed by atoms with E-state index in [0.717, 1.165) is 22.1 Å². The van der Waals surface area contributed by atoms with E-state index in [0.29, 0.717) is 17.9 Å². The summed E-state index contributed by atoms with van der Waals surface area (Å²) in [6.45, 7) is 2.49. The van der Waals surface area contributed by atoms with Crippen LogP contribution in [0.25, 0.3) is 16.8 Å². The van der Waals surface area contributed by atoms with E-state index >= 15 is 0 Å². The normalized spacial score (nSPS) is 11.1. The van der Waals surface area contributed by atoms with Crippen LogP contribution in [0.5, 0.6) is 5.75 Å². The van der Waals surface area contributed by atoms with E-state index in [4.69, 9.17) is 4.74 Å². The lowest BCUT2D eigenvalue weighted by Gasteiger charge is -2.13. The molecule has 0 aliphatic carbocycles. The summed E-state index contributed by atoms with van der Waals surface area (Å²) in [6, 6.07) is 29.5. The summed E-state index contributed by atoms with van der Waals surface area (Å²) in [7, 11) is 0. The maximum Gasteiger partial charge on any atom is 0.272 e. The van der Waals surface area contributed by atoms with Gasteiger partial charge in [-0.3, -0.25) is 9.59 Å². The quantitative estimate of drug-likeness (QED) is 0.368. The fourth-order valence-electron chi connectivity index (χ4n) is 3.52. The molecule has 33 heavy (non-hydrogen) atoms. The number of ether oxygens (including phenoxy) is 1. The first-order valence-electron chi connectivity index (χ1n) is 10.7. The Morgan fingerprint density at radius 3 is 2.12 bits per heavy atom. The molecule has 0 aromatic heterocycles. The number of rotatable bonds is 7. The SMILES string of the molecule is CCOc1ccc(C=C(NC(=O)c2ccccc2)C(=O)Nc2ccccc2)c2ccccc12. The summed E-state index contributed by atoms with van der Waals surface area (Å²) in [5, 5.41) is 7.49. The number of hydrogen-bond donors (Lipinski definition) is 2. The highest BCUT2D eigenvalue weighted by Gasteiger charge is 2.16. The van der Waals surface area contributed by atoms with Crippen LogP contribution < -0.4 is 15.4 Å². The van der Waals surface area contributed by atoms with E-state index in [-0.39, 0.29) is 11.6 Å². The van der Waals surface area contributed by atoms with Crippen molar-refractivity contribution in [2.24, 2.45) is 0 Å². The third-order valence-electron chi connectivity index (χ3n) is 5.08. The lowest BCUT2D eigenvalue weighted by Crippen LogP contribution is -2.30. The first kappa shape index (κ1) is 21.8. The van der Waals surface area contributed by atoms with Gasteiger partial charge in [0.2, 0.25) is 0 Å². The predicted octanol–water partition coefficient (Wildman–Crippen LogP) is 5.65. The highest BCUT2D eigenvalue weighted by atomic mass is 16.5. The summed E-state index contributed by atoms with van der Waals surface area (Å²) >= 11 is 0. The van der Waals surface area contributed by atoms with Crippen molar-refractivity contribution in [1.29, 1.82) is 0 Å². The van der Waals surface area contributed by atoms with Crippen LogP contribution in [0.4, 0.5) is 5.69 Å². The Morgan fingerprint density at radius 1 is 0.788 bits per heavy atom. The minimum Gasteiger partial charge on any atom is -0.493 e. The van der Waals surface area contributed by atoms with Crippen molar-refractivity contribution in [1.82, 2.24) is 5.32 Å². The lowest BCUT2D eigenvalue weighted by molar-refractivity contribution is -0.113. The molecule has 0 fully saturated rings. The van der Waals surface area contributed by atoms with Crippen LogP contribution in [0.3, 0.4) is 0 Å². The molecular formula is C28H24N2O3. The Hall–Kier alpha value is -4.38. The highest BCUT2D eigenvalue weighted by molar-refractivity contribution is 6.11. The van der Waals surface area contributed by atoms with Gasteiger partial charge in [-0.1, -0.05) is 66.7 Å². The molecule has 0 unspecified atom stereocenters. The van der Waals surface area contributed by atoms with E-state index in [1.54, 1.807) is 42.5 Å². The number of amides is 2. The van der Waals surface area contributed by atoms with Crippen molar-refractivity contribution in [3.05, 3.63) is 114 Å².